The summed E-state index contributed by atoms with van der Waals surface area (Å²) in [4.78, 5) is 7.30. The molecule has 1 aliphatic heterocycles. The van der Waals surface area contributed by atoms with Crippen LogP contribution in [0.25, 0.3) is 0 Å². The van der Waals surface area contributed by atoms with Crippen molar-refractivity contribution >= 4 is 29.9 Å². The van der Waals surface area contributed by atoms with E-state index in [9.17, 15) is 0 Å². The maximum absolute atomic E-state index is 5.96. The minimum Gasteiger partial charge on any atom is -0.497 e. The summed E-state index contributed by atoms with van der Waals surface area (Å²) in [6.45, 7) is 13.7. The first-order valence-electron chi connectivity index (χ1n) is 10.6. The van der Waals surface area contributed by atoms with Crippen molar-refractivity contribution in [3.63, 3.8) is 0 Å². The molecule has 1 unspecified atom stereocenters. The standard InChI is InChI=1S/C22H38N4O2.HI/c1-6-23-22(25-19-11-13-26(14-12-19)16-17(2)3)24-15-18(4)28-21-9-7-20(27-5)8-10-21;/h7-10,17-19H,6,11-16H2,1-5H3,(H2,23,24,25);1H. The lowest BCUT2D eigenvalue weighted by Gasteiger charge is -2.34. The number of nitrogens with one attached hydrogen (secondary N) is 2. The molecule has 0 aliphatic carbocycles. The molecule has 1 saturated heterocycles. The van der Waals surface area contributed by atoms with E-state index >= 15 is 0 Å². The smallest absolute Gasteiger partial charge is 0.191 e. The van der Waals surface area contributed by atoms with Gasteiger partial charge in [0.05, 0.1) is 13.7 Å². The molecule has 0 spiro atoms. The molecule has 1 fully saturated rings. The van der Waals surface area contributed by atoms with E-state index in [1.807, 2.05) is 31.2 Å². The first-order valence-corrected chi connectivity index (χ1v) is 10.6. The Morgan fingerprint density at radius 3 is 2.31 bits per heavy atom. The second-order valence-electron chi connectivity index (χ2n) is 7.94. The van der Waals surface area contributed by atoms with Gasteiger partial charge in [-0.1, -0.05) is 13.8 Å². The third-order valence-electron chi connectivity index (χ3n) is 4.80. The normalized spacial score (nSPS) is 16.8. The molecule has 0 aromatic heterocycles. The lowest BCUT2D eigenvalue weighted by molar-refractivity contribution is 0.186. The number of hydrogen-bond acceptors (Lipinski definition) is 4. The van der Waals surface area contributed by atoms with E-state index in [0.29, 0.717) is 12.6 Å². The number of likely N-dealkylation sites (tertiary alicyclic amines) is 1. The van der Waals surface area contributed by atoms with Gasteiger partial charge in [0, 0.05) is 32.2 Å². The molecule has 1 aromatic rings. The zero-order valence-corrected chi connectivity index (χ0v) is 20.9. The highest BCUT2D eigenvalue weighted by molar-refractivity contribution is 14.0. The van der Waals surface area contributed by atoms with Gasteiger partial charge in [0.2, 0.25) is 0 Å². The molecule has 2 rings (SSSR count). The average molecular weight is 518 g/mol. The summed E-state index contributed by atoms with van der Waals surface area (Å²) in [5.74, 6) is 3.28. The Balaban J connectivity index is 0.00000420. The van der Waals surface area contributed by atoms with Gasteiger partial charge in [0.1, 0.15) is 17.6 Å². The van der Waals surface area contributed by atoms with Crippen molar-refractivity contribution in [1.29, 1.82) is 0 Å². The molecule has 166 valence electrons. The van der Waals surface area contributed by atoms with Gasteiger partial charge < -0.3 is 25.0 Å². The number of ether oxygens (including phenoxy) is 2. The predicted molar refractivity (Wildman–Crippen MR) is 132 cm³/mol. The Morgan fingerprint density at radius 1 is 1.14 bits per heavy atom. The molecule has 1 aliphatic rings. The molecule has 2 N–H and O–H groups in total. The van der Waals surface area contributed by atoms with Gasteiger partial charge in [0.25, 0.3) is 0 Å². The van der Waals surface area contributed by atoms with Crippen molar-refractivity contribution in [2.24, 2.45) is 10.9 Å². The molecule has 0 radical (unpaired) electrons. The summed E-state index contributed by atoms with van der Waals surface area (Å²) in [6, 6.07) is 8.14. The van der Waals surface area contributed by atoms with Crippen LogP contribution in [0.3, 0.4) is 0 Å². The summed E-state index contributed by atoms with van der Waals surface area (Å²) in [6.07, 6.45) is 2.32. The maximum Gasteiger partial charge on any atom is 0.191 e. The second kappa shape index (κ2) is 13.9. The largest absolute Gasteiger partial charge is 0.497 e. The van der Waals surface area contributed by atoms with Crippen LogP contribution in [-0.2, 0) is 0 Å². The van der Waals surface area contributed by atoms with Crippen LogP contribution in [-0.4, -0.2) is 62.8 Å². The zero-order valence-electron chi connectivity index (χ0n) is 18.6. The van der Waals surface area contributed by atoms with Crippen LogP contribution in [0.4, 0.5) is 0 Å². The van der Waals surface area contributed by atoms with Gasteiger partial charge in [-0.15, -0.1) is 24.0 Å². The second-order valence-corrected chi connectivity index (χ2v) is 7.94. The van der Waals surface area contributed by atoms with Crippen LogP contribution in [0.1, 0.15) is 40.5 Å². The minimum atomic E-state index is -0.00302. The first kappa shape index (κ1) is 25.8. The quantitative estimate of drug-likeness (QED) is 0.296. The Morgan fingerprint density at radius 2 is 1.76 bits per heavy atom. The lowest BCUT2D eigenvalue weighted by atomic mass is 10.0. The third-order valence-corrected chi connectivity index (χ3v) is 4.80. The molecule has 0 bridgehead atoms. The van der Waals surface area contributed by atoms with E-state index < -0.39 is 0 Å². The van der Waals surface area contributed by atoms with Crippen molar-refractivity contribution in [1.82, 2.24) is 15.5 Å². The summed E-state index contributed by atoms with van der Waals surface area (Å²) < 4.78 is 11.1. The molecule has 1 heterocycles. The molecule has 6 nitrogen and oxygen atoms in total. The average Bonchev–Trinajstić information content (AvgIpc) is 2.68. The van der Waals surface area contributed by atoms with Gasteiger partial charge in [0.15, 0.2) is 5.96 Å². The maximum atomic E-state index is 5.96. The highest BCUT2D eigenvalue weighted by atomic mass is 127. The Hall–Kier alpha value is -1.22. The molecule has 0 saturated carbocycles. The van der Waals surface area contributed by atoms with E-state index in [2.05, 4.69) is 36.3 Å². The van der Waals surface area contributed by atoms with Gasteiger partial charge >= 0.3 is 0 Å². The van der Waals surface area contributed by atoms with Gasteiger partial charge in [-0.2, -0.15) is 0 Å². The van der Waals surface area contributed by atoms with Gasteiger partial charge in [-0.3, -0.25) is 0 Å². The summed E-state index contributed by atoms with van der Waals surface area (Å²) in [5, 5.41) is 6.97. The van der Waals surface area contributed by atoms with Crippen LogP contribution in [0.15, 0.2) is 29.3 Å². The molecular weight excluding hydrogens is 479 g/mol. The first-order chi connectivity index (χ1) is 13.5. The minimum absolute atomic E-state index is 0. The Labute approximate surface area is 193 Å². The number of halogens is 1. The number of nitrogens with zero attached hydrogens (tertiary/aromatic N) is 2. The van der Waals surface area contributed by atoms with Crippen LogP contribution in [0.2, 0.25) is 0 Å². The summed E-state index contributed by atoms with van der Waals surface area (Å²) in [7, 11) is 1.66. The van der Waals surface area contributed by atoms with E-state index in [1.54, 1.807) is 7.11 Å². The van der Waals surface area contributed by atoms with Crippen molar-refractivity contribution < 1.29 is 9.47 Å². The van der Waals surface area contributed by atoms with E-state index in [-0.39, 0.29) is 30.1 Å². The van der Waals surface area contributed by atoms with Crippen molar-refractivity contribution in [3.8, 4) is 11.5 Å². The van der Waals surface area contributed by atoms with Crippen molar-refractivity contribution in [3.05, 3.63) is 24.3 Å². The van der Waals surface area contributed by atoms with Gasteiger partial charge in [-0.05, 0) is 56.9 Å². The van der Waals surface area contributed by atoms with Crippen molar-refractivity contribution in [2.45, 2.75) is 52.7 Å². The van der Waals surface area contributed by atoms with Crippen LogP contribution in [0.5, 0.6) is 11.5 Å². The highest BCUT2D eigenvalue weighted by Crippen LogP contribution is 2.18. The van der Waals surface area contributed by atoms with E-state index in [4.69, 9.17) is 14.5 Å². The van der Waals surface area contributed by atoms with Crippen LogP contribution < -0.4 is 20.1 Å². The summed E-state index contributed by atoms with van der Waals surface area (Å²) in [5.41, 5.74) is 0. The number of guanidine groups is 1. The fourth-order valence-electron chi connectivity index (χ4n) is 3.43. The van der Waals surface area contributed by atoms with Crippen LogP contribution >= 0.6 is 24.0 Å². The third kappa shape index (κ3) is 9.89. The number of piperidine rings is 1. The molecule has 0 amide bonds. The molecule has 1 atom stereocenters. The number of aliphatic imine (C=N–C) groups is 1. The fraction of sp³-hybridized carbons (Fsp3) is 0.682. The topological polar surface area (TPSA) is 58.1 Å². The number of methoxy groups -OCH3 is 1. The Kier molecular flexibility index (Phi) is 12.4. The highest BCUT2D eigenvalue weighted by Gasteiger charge is 2.20. The van der Waals surface area contributed by atoms with Gasteiger partial charge in [-0.25, -0.2) is 4.99 Å². The number of benzene rings is 1. The monoisotopic (exact) mass is 518 g/mol. The van der Waals surface area contributed by atoms with E-state index in [1.165, 1.54) is 6.54 Å². The van der Waals surface area contributed by atoms with E-state index in [0.717, 1.165) is 55.9 Å². The number of rotatable bonds is 9. The molecule has 29 heavy (non-hydrogen) atoms. The molecular formula is C22H39IN4O2. The summed E-state index contributed by atoms with van der Waals surface area (Å²) >= 11 is 0. The lowest BCUT2D eigenvalue weighted by Crippen LogP contribution is -2.49. The Bertz CT molecular complexity index is 587. The SMILES string of the molecule is CCNC(=NCC(C)Oc1ccc(OC)cc1)NC1CCN(CC(C)C)CC1.I. The van der Waals surface area contributed by atoms with Crippen LogP contribution in [0, 0.1) is 5.92 Å². The van der Waals surface area contributed by atoms with Crippen molar-refractivity contribution in [2.75, 3.05) is 39.8 Å². The zero-order chi connectivity index (χ0) is 20.4. The molecule has 1 aromatic carbocycles. The number of hydrogen-bond donors (Lipinski definition) is 2. The fourth-order valence-corrected chi connectivity index (χ4v) is 3.43. The predicted octanol–water partition coefficient (Wildman–Crippen LogP) is 3.76. The molecule has 7 heteroatoms.